The first kappa shape index (κ1) is 10.1. The van der Waals surface area contributed by atoms with Gasteiger partial charge in [-0.3, -0.25) is 9.59 Å². The monoisotopic (exact) mass is 229 g/mol. The zero-order chi connectivity index (χ0) is 12.0. The predicted octanol–water partition coefficient (Wildman–Crippen LogP) is 1.85. The van der Waals surface area contributed by atoms with Crippen LogP contribution in [0.25, 0.3) is 10.9 Å². The predicted molar refractivity (Wildman–Crippen MR) is 61.9 cm³/mol. The molecule has 86 valence electrons. The summed E-state index contributed by atoms with van der Waals surface area (Å²) in [6.07, 6.45) is 2.03. The molecule has 1 aliphatic rings. The van der Waals surface area contributed by atoms with Crippen molar-refractivity contribution in [3.05, 3.63) is 36.0 Å². The van der Waals surface area contributed by atoms with Crippen LogP contribution in [0.1, 0.15) is 18.4 Å². The summed E-state index contributed by atoms with van der Waals surface area (Å²) in [4.78, 5) is 25.6. The second kappa shape index (κ2) is 3.20. The number of rotatable bonds is 2. The van der Waals surface area contributed by atoms with Gasteiger partial charge in [0.05, 0.1) is 0 Å². The largest absolute Gasteiger partial charge is 0.481 e. The van der Waals surface area contributed by atoms with Crippen molar-refractivity contribution in [3.63, 3.8) is 0 Å². The molecule has 0 aliphatic heterocycles. The minimum atomic E-state index is -0.997. The molecule has 0 spiro atoms. The number of aliphatic carboxylic acids is 1. The molecule has 0 saturated heterocycles. The van der Waals surface area contributed by atoms with Gasteiger partial charge in [0, 0.05) is 24.6 Å². The highest BCUT2D eigenvalue weighted by atomic mass is 16.4. The fourth-order valence-corrected chi connectivity index (χ4v) is 2.45. The number of carbonyl (C=O) groups is 2. The zero-order valence-corrected chi connectivity index (χ0v) is 9.06. The third-order valence-electron chi connectivity index (χ3n) is 3.51. The molecule has 2 aromatic rings. The second-order valence-corrected chi connectivity index (χ2v) is 4.56. The smallest absolute Gasteiger partial charge is 0.315 e. The van der Waals surface area contributed by atoms with Crippen LogP contribution in [0.5, 0.6) is 0 Å². The SMILES string of the molecule is O=C1CC(C(=O)O)(c2ccc3[nH]ccc3c2)C1. The number of benzene rings is 1. The number of H-pyrrole nitrogens is 1. The summed E-state index contributed by atoms with van der Waals surface area (Å²) in [5, 5.41) is 10.3. The maximum atomic E-state index is 11.4. The zero-order valence-electron chi connectivity index (χ0n) is 9.06. The number of aromatic amines is 1. The van der Waals surface area contributed by atoms with Crippen LogP contribution in [0.4, 0.5) is 0 Å². The van der Waals surface area contributed by atoms with E-state index in [0.29, 0.717) is 0 Å². The molecule has 0 bridgehead atoms. The van der Waals surface area contributed by atoms with Crippen LogP contribution in [-0.4, -0.2) is 21.8 Å². The number of carbonyl (C=O) groups excluding carboxylic acids is 1. The van der Waals surface area contributed by atoms with E-state index >= 15 is 0 Å². The van der Waals surface area contributed by atoms with Crippen molar-refractivity contribution in [1.29, 1.82) is 0 Å². The van der Waals surface area contributed by atoms with E-state index in [9.17, 15) is 14.7 Å². The number of nitrogens with one attached hydrogen (secondary N) is 1. The number of aromatic nitrogens is 1. The molecule has 0 amide bonds. The van der Waals surface area contributed by atoms with Crippen LogP contribution in [0.2, 0.25) is 0 Å². The molecule has 0 unspecified atom stereocenters. The van der Waals surface area contributed by atoms with Crippen LogP contribution in [0.3, 0.4) is 0 Å². The number of hydrogen-bond donors (Lipinski definition) is 2. The van der Waals surface area contributed by atoms with Crippen molar-refractivity contribution in [2.24, 2.45) is 0 Å². The van der Waals surface area contributed by atoms with Gasteiger partial charge < -0.3 is 10.1 Å². The summed E-state index contributed by atoms with van der Waals surface area (Å²) < 4.78 is 0. The number of carboxylic acid groups (broad SMARTS) is 1. The van der Waals surface area contributed by atoms with Gasteiger partial charge in [-0.2, -0.15) is 0 Å². The van der Waals surface area contributed by atoms with Crippen LogP contribution in [0.15, 0.2) is 30.5 Å². The summed E-state index contributed by atoms with van der Waals surface area (Å²) in [6, 6.07) is 7.40. The lowest BCUT2D eigenvalue weighted by atomic mass is 9.63. The molecule has 1 aromatic carbocycles. The van der Waals surface area contributed by atoms with Gasteiger partial charge in [0.15, 0.2) is 0 Å². The first-order valence-corrected chi connectivity index (χ1v) is 5.44. The number of fused-ring (bicyclic) bond motifs is 1. The highest BCUT2D eigenvalue weighted by Crippen LogP contribution is 2.42. The van der Waals surface area contributed by atoms with Crippen LogP contribution >= 0.6 is 0 Å². The van der Waals surface area contributed by atoms with E-state index < -0.39 is 11.4 Å². The Morgan fingerprint density at radius 3 is 2.71 bits per heavy atom. The number of ketones is 1. The van der Waals surface area contributed by atoms with Crippen LogP contribution in [-0.2, 0) is 15.0 Å². The summed E-state index contributed by atoms with van der Waals surface area (Å²) in [5.74, 6) is -0.895. The standard InChI is InChI=1S/C13H11NO3/c15-10-6-13(7-10,12(16)17)9-1-2-11-8(5-9)3-4-14-11/h1-5,14H,6-7H2,(H,16,17). The quantitative estimate of drug-likeness (QED) is 0.825. The molecule has 4 nitrogen and oxygen atoms in total. The average Bonchev–Trinajstić information content (AvgIpc) is 2.70. The van der Waals surface area contributed by atoms with E-state index in [1.165, 1.54) is 0 Å². The van der Waals surface area contributed by atoms with Crippen LogP contribution in [0, 0.1) is 0 Å². The number of carboxylic acids is 1. The third-order valence-corrected chi connectivity index (χ3v) is 3.51. The lowest BCUT2D eigenvalue weighted by Crippen LogP contribution is -2.48. The van der Waals surface area contributed by atoms with Crippen molar-refractivity contribution >= 4 is 22.7 Å². The van der Waals surface area contributed by atoms with Gasteiger partial charge in [0.1, 0.15) is 11.2 Å². The average molecular weight is 229 g/mol. The highest BCUT2D eigenvalue weighted by molar-refractivity contribution is 6.02. The molecule has 3 rings (SSSR count). The second-order valence-electron chi connectivity index (χ2n) is 4.56. The molecule has 4 heteroatoms. The molecule has 2 N–H and O–H groups in total. The molecular formula is C13H11NO3. The Balaban J connectivity index is 2.12. The number of hydrogen-bond acceptors (Lipinski definition) is 2. The van der Waals surface area contributed by atoms with E-state index in [1.807, 2.05) is 24.4 Å². The molecule has 0 radical (unpaired) electrons. The topological polar surface area (TPSA) is 70.2 Å². The Morgan fingerprint density at radius 1 is 1.29 bits per heavy atom. The lowest BCUT2D eigenvalue weighted by molar-refractivity contribution is -0.153. The Hall–Kier alpha value is -2.10. The molecule has 0 atom stereocenters. The Labute approximate surface area is 97.3 Å². The Kier molecular flexibility index (Phi) is 1.90. The van der Waals surface area contributed by atoms with Gasteiger partial charge in [-0.15, -0.1) is 0 Å². The normalized spacial score (nSPS) is 18.0. The minimum Gasteiger partial charge on any atom is -0.481 e. The van der Waals surface area contributed by atoms with Gasteiger partial charge in [0.25, 0.3) is 0 Å². The van der Waals surface area contributed by atoms with Crippen molar-refractivity contribution in [1.82, 2.24) is 4.98 Å². The fraction of sp³-hybridized carbons (Fsp3) is 0.231. The van der Waals surface area contributed by atoms with Gasteiger partial charge in [-0.1, -0.05) is 6.07 Å². The molecule has 1 aliphatic carbocycles. The molecule has 1 fully saturated rings. The van der Waals surface area contributed by atoms with E-state index in [4.69, 9.17) is 0 Å². The summed E-state index contributed by atoms with van der Waals surface area (Å²) in [7, 11) is 0. The van der Waals surface area contributed by atoms with E-state index in [2.05, 4.69) is 4.98 Å². The maximum absolute atomic E-state index is 11.4. The molecular weight excluding hydrogens is 218 g/mol. The van der Waals surface area contributed by atoms with Crippen molar-refractivity contribution < 1.29 is 14.7 Å². The van der Waals surface area contributed by atoms with E-state index in [0.717, 1.165) is 16.5 Å². The lowest BCUT2D eigenvalue weighted by Gasteiger charge is -2.36. The summed E-state index contributed by atoms with van der Waals surface area (Å²) in [6.45, 7) is 0. The van der Waals surface area contributed by atoms with Crippen molar-refractivity contribution in [3.8, 4) is 0 Å². The molecule has 1 heterocycles. The first-order chi connectivity index (χ1) is 8.12. The Morgan fingerprint density at radius 2 is 2.06 bits per heavy atom. The van der Waals surface area contributed by atoms with Crippen LogP contribution < -0.4 is 0 Å². The first-order valence-electron chi connectivity index (χ1n) is 5.44. The summed E-state index contributed by atoms with van der Waals surface area (Å²) in [5.41, 5.74) is 0.694. The highest BCUT2D eigenvalue weighted by Gasteiger charge is 2.51. The minimum absolute atomic E-state index is 0.0153. The Bertz CT molecular complexity index is 618. The van der Waals surface area contributed by atoms with E-state index in [1.54, 1.807) is 6.07 Å². The summed E-state index contributed by atoms with van der Waals surface area (Å²) >= 11 is 0. The van der Waals surface area contributed by atoms with Gasteiger partial charge in [-0.05, 0) is 29.1 Å². The molecule has 17 heavy (non-hydrogen) atoms. The fourth-order valence-electron chi connectivity index (χ4n) is 2.45. The molecule has 1 saturated carbocycles. The van der Waals surface area contributed by atoms with Crippen molar-refractivity contribution in [2.45, 2.75) is 18.3 Å². The molecule has 1 aromatic heterocycles. The third kappa shape index (κ3) is 1.30. The van der Waals surface area contributed by atoms with Gasteiger partial charge in [-0.25, -0.2) is 0 Å². The van der Waals surface area contributed by atoms with Crippen molar-refractivity contribution in [2.75, 3.05) is 0 Å². The number of Topliss-reactive ketones (excluding diaryl/α,β-unsaturated/α-hetero) is 1. The van der Waals surface area contributed by atoms with E-state index in [-0.39, 0.29) is 18.6 Å². The van der Waals surface area contributed by atoms with Gasteiger partial charge >= 0.3 is 5.97 Å². The maximum Gasteiger partial charge on any atom is 0.315 e. The van der Waals surface area contributed by atoms with Gasteiger partial charge in [0.2, 0.25) is 0 Å².